The Morgan fingerprint density at radius 2 is 2.27 bits per heavy atom. The normalized spacial score (nSPS) is 10.1. The fourth-order valence-corrected chi connectivity index (χ4v) is 1.08. The number of halogens is 2. The van der Waals surface area contributed by atoms with Gasteiger partial charge in [0.1, 0.15) is 5.82 Å². The molecule has 2 nitrogen and oxygen atoms in total. The van der Waals surface area contributed by atoms with Crippen LogP contribution in [0.2, 0.25) is 0 Å². The molecule has 4 heteroatoms. The monoisotopic (exact) mass is 219 g/mol. The molecule has 1 aromatic carbocycles. The fourth-order valence-electron chi connectivity index (χ4n) is 0.750. The Bertz CT molecular complexity index is 254. The van der Waals surface area contributed by atoms with Crippen molar-refractivity contribution >= 4 is 15.9 Å². The molecule has 11 heavy (non-hydrogen) atoms. The van der Waals surface area contributed by atoms with Crippen LogP contribution in [0.5, 0.6) is 0 Å². The van der Waals surface area contributed by atoms with E-state index in [-0.39, 0.29) is 12.4 Å². The molecule has 1 rings (SSSR count). The first-order valence-electron chi connectivity index (χ1n) is 3.05. The summed E-state index contributed by atoms with van der Waals surface area (Å²) in [6, 6.07) is 4.67. The summed E-state index contributed by atoms with van der Waals surface area (Å²) in [5, 5.41) is 8.29. The molecule has 0 amide bonds. The number of hydroxylamine groups is 1. The zero-order valence-electron chi connectivity index (χ0n) is 5.64. The number of nitrogens with one attached hydrogen (secondary N) is 1. The quantitative estimate of drug-likeness (QED) is 0.747. The highest BCUT2D eigenvalue weighted by atomic mass is 79.9. The maximum Gasteiger partial charge on any atom is 0.128 e. The van der Waals surface area contributed by atoms with Gasteiger partial charge in [0.05, 0.1) is 0 Å². The number of hydrogen-bond acceptors (Lipinski definition) is 2. The van der Waals surface area contributed by atoms with Gasteiger partial charge in [-0.05, 0) is 12.1 Å². The van der Waals surface area contributed by atoms with Crippen molar-refractivity contribution in [3.05, 3.63) is 34.1 Å². The van der Waals surface area contributed by atoms with Crippen molar-refractivity contribution in [1.29, 1.82) is 0 Å². The second-order valence-electron chi connectivity index (χ2n) is 2.07. The van der Waals surface area contributed by atoms with Crippen molar-refractivity contribution in [1.82, 2.24) is 5.48 Å². The van der Waals surface area contributed by atoms with Crippen LogP contribution in [-0.2, 0) is 6.54 Å². The number of benzene rings is 1. The molecule has 0 saturated carbocycles. The summed E-state index contributed by atoms with van der Waals surface area (Å²) < 4.78 is 13.5. The lowest BCUT2D eigenvalue weighted by molar-refractivity contribution is 0.160. The van der Waals surface area contributed by atoms with E-state index in [0.717, 1.165) is 0 Å². The largest absolute Gasteiger partial charge is 0.316 e. The zero-order valence-corrected chi connectivity index (χ0v) is 7.23. The number of hydrogen-bond donors (Lipinski definition) is 2. The minimum atomic E-state index is -0.332. The molecule has 2 N–H and O–H groups in total. The molecule has 1 aromatic rings. The molecular weight excluding hydrogens is 213 g/mol. The fraction of sp³-hybridized carbons (Fsp3) is 0.143. The molecular formula is C7H7BrFNO. The summed E-state index contributed by atoms with van der Waals surface area (Å²) in [4.78, 5) is 0. The molecule has 0 fully saturated rings. The Morgan fingerprint density at radius 3 is 2.82 bits per heavy atom. The minimum absolute atomic E-state index is 0.124. The molecule has 0 unspecified atom stereocenters. The molecule has 0 aliphatic carbocycles. The summed E-state index contributed by atoms with van der Waals surface area (Å²) in [6.07, 6.45) is 0. The highest BCUT2D eigenvalue weighted by molar-refractivity contribution is 9.10. The van der Waals surface area contributed by atoms with Gasteiger partial charge in [-0.2, -0.15) is 0 Å². The summed E-state index contributed by atoms with van der Waals surface area (Å²) in [5.41, 5.74) is 2.33. The third-order valence-corrected chi connectivity index (χ3v) is 1.78. The Hall–Kier alpha value is -0.450. The van der Waals surface area contributed by atoms with E-state index in [2.05, 4.69) is 15.9 Å². The van der Waals surface area contributed by atoms with Crippen LogP contribution in [0.3, 0.4) is 0 Å². The van der Waals surface area contributed by atoms with Crippen LogP contribution in [0.15, 0.2) is 22.7 Å². The second-order valence-corrected chi connectivity index (χ2v) is 2.99. The van der Waals surface area contributed by atoms with E-state index in [1.165, 1.54) is 6.07 Å². The van der Waals surface area contributed by atoms with Gasteiger partial charge >= 0.3 is 0 Å². The van der Waals surface area contributed by atoms with Crippen molar-refractivity contribution in [2.24, 2.45) is 0 Å². The lowest BCUT2D eigenvalue weighted by Gasteiger charge is -2.00. The van der Waals surface area contributed by atoms with Gasteiger partial charge in [0, 0.05) is 16.6 Å². The summed E-state index contributed by atoms with van der Waals surface area (Å²) in [5.74, 6) is -0.332. The van der Waals surface area contributed by atoms with Crippen molar-refractivity contribution in [3.8, 4) is 0 Å². The van der Waals surface area contributed by atoms with Crippen molar-refractivity contribution in [2.45, 2.75) is 6.54 Å². The van der Waals surface area contributed by atoms with E-state index in [9.17, 15) is 4.39 Å². The molecule has 0 heterocycles. The number of rotatable bonds is 2. The molecule has 0 aliphatic heterocycles. The average Bonchev–Trinajstić information content (AvgIpc) is 1.95. The molecule has 0 aromatic heterocycles. The van der Waals surface area contributed by atoms with Crippen molar-refractivity contribution in [2.75, 3.05) is 0 Å². The third kappa shape index (κ3) is 2.25. The molecule has 60 valence electrons. The van der Waals surface area contributed by atoms with E-state index in [1.54, 1.807) is 12.1 Å². The van der Waals surface area contributed by atoms with Gasteiger partial charge in [-0.1, -0.05) is 22.0 Å². The second kappa shape index (κ2) is 3.80. The van der Waals surface area contributed by atoms with Gasteiger partial charge in [0.15, 0.2) is 0 Å². The summed E-state index contributed by atoms with van der Waals surface area (Å²) in [7, 11) is 0. The molecule has 0 radical (unpaired) electrons. The molecule has 0 atom stereocenters. The van der Waals surface area contributed by atoms with Gasteiger partial charge in [-0.15, -0.1) is 0 Å². The van der Waals surface area contributed by atoms with Gasteiger partial charge < -0.3 is 5.21 Å². The van der Waals surface area contributed by atoms with Crippen LogP contribution in [0.1, 0.15) is 5.56 Å². The first-order valence-corrected chi connectivity index (χ1v) is 3.84. The lowest BCUT2D eigenvalue weighted by Crippen LogP contribution is -2.07. The third-order valence-electron chi connectivity index (χ3n) is 1.28. The zero-order chi connectivity index (χ0) is 8.27. The topological polar surface area (TPSA) is 32.3 Å². The van der Waals surface area contributed by atoms with Gasteiger partial charge in [-0.25, -0.2) is 9.87 Å². The maximum absolute atomic E-state index is 12.9. The molecule has 0 aliphatic rings. The summed E-state index contributed by atoms with van der Waals surface area (Å²) >= 11 is 3.12. The van der Waals surface area contributed by atoms with E-state index < -0.39 is 0 Å². The van der Waals surface area contributed by atoms with E-state index in [1.807, 2.05) is 5.48 Å². The molecule has 0 bridgehead atoms. The van der Waals surface area contributed by atoms with Gasteiger partial charge in [-0.3, -0.25) is 0 Å². The maximum atomic E-state index is 12.9. The van der Waals surface area contributed by atoms with E-state index in [0.29, 0.717) is 10.0 Å². The lowest BCUT2D eigenvalue weighted by atomic mass is 10.2. The van der Waals surface area contributed by atoms with Gasteiger partial charge in [0.25, 0.3) is 0 Å². The predicted molar refractivity (Wildman–Crippen MR) is 42.7 cm³/mol. The van der Waals surface area contributed by atoms with E-state index >= 15 is 0 Å². The molecule has 0 saturated heterocycles. The van der Waals surface area contributed by atoms with Gasteiger partial charge in [0.2, 0.25) is 0 Å². The highest BCUT2D eigenvalue weighted by Crippen LogP contribution is 2.14. The first kappa shape index (κ1) is 8.64. The van der Waals surface area contributed by atoms with E-state index in [4.69, 9.17) is 5.21 Å². The molecule has 0 spiro atoms. The Morgan fingerprint density at radius 1 is 1.55 bits per heavy atom. The standard InChI is InChI=1S/C7H7BrFNO/c8-6-2-1-5(4-10-11)7(9)3-6/h1-3,10-11H,4H2. The predicted octanol–water partition coefficient (Wildman–Crippen LogP) is 2.07. The van der Waals surface area contributed by atoms with Crippen molar-refractivity contribution < 1.29 is 9.60 Å². The first-order chi connectivity index (χ1) is 5.24. The van der Waals surface area contributed by atoms with Crippen LogP contribution in [0.25, 0.3) is 0 Å². The van der Waals surface area contributed by atoms with Crippen LogP contribution in [-0.4, -0.2) is 5.21 Å². The van der Waals surface area contributed by atoms with Crippen LogP contribution in [0.4, 0.5) is 4.39 Å². The average molecular weight is 220 g/mol. The highest BCUT2D eigenvalue weighted by Gasteiger charge is 2.00. The Balaban J connectivity index is 2.90. The Labute approximate surface area is 72.1 Å². The van der Waals surface area contributed by atoms with Crippen LogP contribution < -0.4 is 5.48 Å². The van der Waals surface area contributed by atoms with Crippen LogP contribution >= 0.6 is 15.9 Å². The summed E-state index contributed by atoms with van der Waals surface area (Å²) in [6.45, 7) is 0.124. The smallest absolute Gasteiger partial charge is 0.128 e. The van der Waals surface area contributed by atoms with Crippen LogP contribution in [0, 0.1) is 5.82 Å². The SMILES string of the molecule is ONCc1ccc(Br)cc1F. The van der Waals surface area contributed by atoms with Crippen molar-refractivity contribution in [3.63, 3.8) is 0 Å². The minimum Gasteiger partial charge on any atom is -0.316 e. The Kier molecular flexibility index (Phi) is 2.99.